The van der Waals surface area contributed by atoms with Crippen molar-refractivity contribution < 1.29 is 33.2 Å². The average Bonchev–Trinajstić information content (AvgIpc) is 2.60. The van der Waals surface area contributed by atoms with Crippen LogP contribution in [0.25, 0.3) is 0 Å². The molecule has 1 aliphatic heterocycles. The standard InChI is InChI=1S/C16H31NO7/c1-16(15(18)23-7)8-10(20-4)12(17-2)14(24-16)13(22-6)11(21-5)9-19-3/h10-14,17H,8-9H2,1-7H3/t10?,11?,12-,13?,14?,16-/m1/s1. The molecule has 1 heterocycles. The number of hydrogen-bond acceptors (Lipinski definition) is 8. The Hall–Kier alpha value is -0.770. The summed E-state index contributed by atoms with van der Waals surface area (Å²) in [6.07, 6.45) is -1.21. The molecule has 0 aromatic carbocycles. The Bertz CT molecular complexity index is 395. The van der Waals surface area contributed by atoms with Crippen molar-refractivity contribution in [2.24, 2.45) is 0 Å². The number of carbonyl (C=O) groups excluding carboxylic acids is 1. The van der Waals surface area contributed by atoms with E-state index in [1.54, 1.807) is 35.4 Å². The minimum Gasteiger partial charge on any atom is -0.467 e. The molecule has 1 rings (SSSR count). The van der Waals surface area contributed by atoms with Crippen molar-refractivity contribution in [3.63, 3.8) is 0 Å². The lowest BCUT2D eigenvalue weighted by molar-refractivity contribution is -0.234. The summed E-state index contributed by atoms with van der Waals surface area (Å²) in [5, 5.41) is 3.21. The predicted octanol–water partition coefficient (Wildman–Crippen LogP) is -0.0136. The minimum absolute atomic E-state index is 0.188. The Morgan fingerprint density at radius 3 is 2.33 bits per heavy atom. The molecule has 1 N–H and O–H groups in total. The molecule has 6 atom stereocenters. The molecule has 142 valence electrons. The zero-order chi connectivity index (χ0) is 18.3. The number of esters is 1. The van der Waals surface area contributed by atoms with Crippen LogP contribution in [0.15, 0.2) is 0 Å². The second kappa shape index (κ2) is 9.65. The van der Waals surface area contributed by atoms with Crippen molar-refractivity contribution in [1.29, 1.82) is 0 Å². The van der Waals surface area contributed by atoms with Gasteiger partial charge in [0.15, 0.2) is 5.60 Å². The van der Waals surface area contributed by atoms with E-state index in [0.717, 1.165) is 0 Å². The molecule has 0 amide bonds. The summed E-state index contributed by atoms with van der Waals surface area (Å²) in [7, 11) is 9.52. The van der Waals surface area contributed by atoms with Crippen LogP contribution in [-0.4, -0.2) is 91.2 Å². The van der Waals surface area contributed by atoms with Gasteiger partial charge in [0.25, 0.3) is 0 Å². The predicted molar refractivity (Wildman–Crippen MR) is 87.0 cm³/mol. The van der Waals surface area contributed by atoms with Crippen LogP contribution in [0.3, 0.4) is 0 Å². The summed E-state index contributed by atoms with van der Waals surface area (Å²) < 4.78 is 33.0. The molecule has 0 saturated carbocycles. The number of hydrogen-bond donors (Lipinski definition) is 1. The molecular weight excluding hydrogens is 318 g/mol. The molecule has 0 spiro atoms. The third kappa shape index (κ3) is 4.44. The lowest BCUT2D eigenvalue weighted by atomic mass is 9.84. The van der Waals surface area contributed by atoms with Gasteiger partial charge in [-0.3, -0.25) is 0 Å². The van der Waals surface area contributed by atoms with Crippen molar-refractivity contribution in [1.82, 2.24) is 5.32 Å². The zero-order valence-electron chi connectivity index (χ0n) is 15.7. The summed E-state index contributed by atoms with van der Waals surface area (Å²) in [5.74, 6) is -0.445. The highest BCUT2D eigenvalue weighted by Crippen LogP contribution is 2.34. The van der Waals surface area contributed by atoms with Gasteiger partial charge in [0, 0.05) is 34.9 Å². The second-order valence-corrected chi connectivity index (χ2v) is 6.03. The van der Waals surface area contributed by atoms with E-state index in [-0.39, 0.29) is 18.2 Å². The first kappa shape index (κ1) is 21.3. The van der Waals surface area contributed by atoms with Gasteiger partial charge < -0.3 is 33.7 Å². The lowest BCUT2D eigenvalue weighted by Gasteiger charge is -2.48. The van der Waals surface area contributed by atoms with Gasteiger partial charge in [-0.15, -0.1) is 0 Å². The Morgan fingerprint density at radius 2 is 1.92 bits per heavy atom. The Kier molecular flexibility index (Phi) is 8.55. The molecule has 0 aromatic heterocycles. The molecule has 1 aliphatic rings. The van der Waals surface area contributed by atoms with E-state index in [0.29, 0.717) is 13.0 Å². The second-order valence-electron chi connectivity index (χ2n) is 6.03. The molecule has 0 bridgehead atoms. The molecule has 0 aliphatic carbocycles. The molecule has 1 saturated heterocycles. The number of rotatable bonds is 9. The maximum atomic E-state index is 12.2. The third-order valence-electron chi connectivity index (χ3n) is 4.59. The number of methoxy groups -OCH3 is 5. The fourth-order valence-electron chi connectivity index (χ4n) is 3.30. The van der Waals surface area contributed by atoms with Gasteiger partial charge in [0.1, 0.15) is 18.3 Å². The van der Waals surface area contributed by atoms with Gasteiger partial charge >= 0.3 is 5.97 Å². The number of likely N-dealkylation sites (N-methyl/N-ethyl adjacent to an activating group) is 1. The van der Waals surface area contributed by atoms with Gasteiger partial charge in [-0.2, -0.15) is 0 Å². The summed E-state index contributed by atoms with van der Waals surface area (Å²) in [5.41, 5.74) is -1.13. The van der Waals surface area contributed by atoms with E-state index in [1.807, 2.05) is 7.05 Å². The van der Waals surface area contributed by atoms with Gasteiger partial charge in [-0.05, 0) is 14.0 Å². The summed E-state index contributed by atoms with van der Waals surface area (Å²) in [6.45, 7) is 2.03. The first-order chi connectivity index (χ1) is 11.4. The number of nitrogens with one attached hydrogen (secondary N) is 1. The van der Waals surface area contributed by atoms with Crippen LogP contribution in [0, 0.1) is 0 Å². The Balaban J connectivity index is 3.18. The van der Waals surface area contributed by atoms with Crippen molar-refractivity contribution >= 4 is 5.97 Å². The van der Waals surface area contributed by atoms with E-state index in [4.69, 9.17) is 28.4 Å². The molecule has 1 fully saturated rings. The van der Waals surface area contributed by atoms with Crippen LogP contribution in [-0.2, 0) is 33.2 Å². The summed E-state index contributed by atoms with van der Waals surface area (Å²) >= 11 is 0. The topological polar surface area (TPSA) is 84.5 Å². The lowest BCUT2D eigenvalue weighted by Crippen LogP contribution is -2.66. The van der Waals surface area contributed by atoms with E-state index in [9.17, 15) is 4.79 Å². The molecular formula is C16H31NO7. The maximum absolute atomic E-state index is 12.2. The van der Waals surface area contributed by atoms with Crippen molar-refractivity contribution in [3.8, 4) is 0 Å². The van der Waals surface area contributed by atoms with E-state index < -0.39 is 23.8 Å². The fraction of sp³-hybridized carbons (Fsp3) is 0.938. The first-order valence-electron chi connectivity index (χ1n) is 7.93. The smallest absolute Gasteiger partial charge is 0.337 e. The highest BCUT2D eigenvalue weighted by Gasteiger charge is 2.53. The van der Waals surface area contributed by atoms with Crippen molar-refractivity contribution in [3.05, 3.63) is 0 Å². The van der Waals surface area contributed by atoms with Crippen LogP contribution < -0.4 is 5.32 Å². The van der Waals surface area contributed by atoms with Crippen molar-refractivity contribution in [2.45, 2.75) is 49.4 Å². The maximum Gasteiger partial charge on any atom is 0.337 e. The van der Waals surface area contributed by atoms with Crippen LogP contribution in [0.1, 0.15) is 13.3 Å². The van der Waals surface area contributed by atoms with Crippen molar-refractivity contribution in [2.75, 3.05) is 49.2 Å². The Labute approximate surface area is 144 Å². The minimum atomic E-state index is -1.13. The van der Waals surface area contributed by atoms with Crippen LogP contribution in [0.2, 0.25) is 0 Å². The molecule has 8 nitrogen and oxygen atoms in total. The van der Waals surface area contributed by atoms with Crippen LogP contribution >= 0.6 is 0 Å². The summed E-state index contributed by atoms with van der Waals surface area (Å²) in [4.78, 5) is 12.2. The van der Waals surface area contributed by atoms with E-state index >= 15 is 0 Å². The monoisotopic (exact) mass is 349 g/mol. The van der Waals surface area contributed by atoms with Crippen LogP contribution in [0.5, 0.6) is 0 Å². The third-order valence-corrected chi connectivity index (χ3v) is 4.59. The normalized spacial score (nSPS) is 33.0. The molecule has 4 unspecified atom stereocenters. The molecule has 0 aromatic rings. The highest BCUT2D eigenvalue weighted by molar-refractivity contribution is 5.79. The van der Waals surface area contributed by atoms with E-state index in [1.165, 1.54) is 7.11 Å². The highest BCUT2D eigenvalue weighted by atomic mass is 16.6. The average molecular weight is 349 g/mol. The van der Waals surface area contributed by atoms with Gasteiger partial charge in [0.2, 0.25) is 0 Å². The van der Waals surface area contributed by atoms with Crippen LogP contribution in [0.4, 0.5) is 0 Å². The summed E-state index contributed by atoms with van der Waals surface area (Å²) in [6, 6.07) is -0.188. The Morgan fingerprint density at radius 1 is 1.25 bits per heavy atom. The molecule has 8 heteroatoms. The SMILES string of the molecule is CN[C@@H]1C(OC)C[C@](C)(C(=O)OC)OC1C(OC)C(COC)OC. The largest absolute Gasteiger partial charge is 0.467 e. The van der Waals surface area contributed by atoms with Gasteiger partial charge in [-0.1, -0.05) is 0 Å². The van der Waals surface area contributed by atoms with Gasteiger partial charge in [0.05, 0.1) is 25.9 Å². The number of carbonyl (C=O) groups is 1. The molecule has 0 radical (unpaired) electrons. The van der Waals surface area contributed by atoms with Gasteiger partial charge in [-0.25, -0.2) is 4.79 Å². The quantitative estimate of drug-likeness (QED) is 0.582. The first-order valence-corrected chi connectivity index (χ1v) is 7.93. The fourth-order valence-corrected chi connectivity index (χ4v) is 3.30. The van der Waals surface area contributed by atoms with E-state index in [2.05, 4.69) is 5.32 Å². The molecule has 24 heavy (non-hydrogen) atoms. The number of ether oxygens (including phenoxy) is 6. The zero-order valence-corrected chi connectivity index (χ0v) is 15.7.